The van der Waals surface area contributed by atoms with Gasteiger partial charge in [-0.3, -0.25) is 4.79 Å². The molecular formula is C3H6KO2S. The van der Waals surface area contributed by atoms with Crippen LogP contribution in [-0.2, 0) is 4.79 Å². The van der Waals surface area contributed by atoms with Crippen LogP contribution in [0.5, 0.6) is 0 Å². The molecule has 0 aromatic carbocycles. The second-order valence-electron chi connectivity index (χ2n) is 0.867. The van der Waals surface area contributed by atoms with Crippen LogP contribution in [0.1, 0.15) is 6.42 Å². The summed E-state index contributed by atoms with van der Waals surface area (Å²) in [4.78, 5) is 9.55. The second-order valence-corrected chi connectivity index (χ2v) is 1.31. The number of rotatable bonds is 2. The molecule has 0 aliphatic carbocycles. The zero-order valence-corrected chi connectivity index (χ0v) is 8.23. The fourth-order valence-corrected chi connectivity index (χ4v) is 0.287. The van der Waals surface area contributed by atoms with Crippen molar-refractivity contribution in [3.8, 4) is 0 Å². The van der Waals surface area contributed by atoms with Gasteiger partial charge in [-0.25, -0.2) is 0 Å². The van der Waals surface area contributed by atoms with Crippen molar-refractivity contribution in [2.75, 3.05) is 5.75 Å². The van der Waals surface area contributed by atoms with E-state index in [-0.39, 0.29) is 57.8 Å². The molecule has 0 heterocycles. The molecule has 7 heavy (non-hydrogen) atoms. The number of carboxylic acids is 1. The SMILES string of the molecule is O=C(O)CCS.[K]. The molecule has 0 rings (SSSR count). The Balaban J connectivity index is 0. The van der Waals surface area contributed by atoms with Gasteiger partial charge in [0, 0.05) is 57.1 Å². The van der Waals surface area contributed by atoms with Gasteiger partial charge in [-0.15, -0.1) is 0 Å². The number of hydrogen-bond acceptors (Lipinski definition) is 2. The first-order valence-electron chi connectivity index (χ1n) is 1.60. The normalized spacial score (nSPS) is 7.00. The molecule has 0 spiro atoms. The zero-order chi connectivity index (χ0) is 4.99. The van der Waals surface area contributed by atoms with Gasteiger partial charge >= 0.3 is 5.97 Å². The van der Waals surface area contributed by atoms with E-state index < -0.39 is 5.97 Å². The molecule has 0 fully saturated rings. The van der Waals surface area contributed by atoms with Gasteiger partial charge in [0.1, 0.15) is 0 Å². The fourth-order valence-electron chi connectivity index (χ4n) is 0.0956. The Morgan fingerprint density at radius 3 is 2.14 bits per heavy atom. The van der Waals surface area contributed by atoms with Crippen molar-refractivity contribution < 1.29 is 9.90 Å². The topological polar surface area (TPSA) is 37.3 Å². The Labute approximate surface area is 90.5 Å². The van der Waals surface area contributed by atoms with E-state index in [0.29, 0.717) is 5.75 Å². The Morgan fingerprint density at radius 1 is 1.71 bits per heavy atom. The number of thiol groups is 1. The summed E-state index contributed by atoms with van der Waals surface area (Å²) in [7, 11) is 0. The van der Waals surface area contributed by atoms with Crippen molar-refractivity contribution in [2.24, 2.45) is 0 Å². The third-order valence-corrected chi connectivity index (χ3v) is 0.549. The zero-order valence-electron chi connectivity index (χ0n) is 4.22. The predicted molar refractivity (Wildman–Crippen MR) is 31.9 cm³/mol. The summed E-state index contributed by atoms with van der Waals surface area (Å²) >= 11 is 3.68. The minimum Gasteiger partial charge on any atom is -0.481 e. The summed E-state index contributed by atoms with van der Waals surface area (Å²) < 4.78 is 0. The van der Waals surface area contributed by atoms with Gasteiger partial charge < -0.3 is 5.11 Å². The quantitative estimate of drug-likeness (QED) is 0.424. The standard InChI is InChI=1S/C3H6O2S.K/c4-3(5)1-2-6;/h6H,1-2H2,(H,4,5);. The smallest absolute Gasteiger partial charge is 0.304 e. The molecular weight excluding hydrogens is 139 g/mol. The van der Waals surface area contributed by atoms with E-state index in [4.69, 9.17) is 5.11 Å². The van der Waals surface area contributed by atoms with Gasteiger partial charge in [0.25, 0.3) is 0 Å². The minimum absolute atomic E-state index is 0. The van der Waals surface area contributed by atoms with E-state index in [1.165, 1.54) is 0 Å². The summed E-state index contributed by atoms with van der Waals surface area (Å²) in [5.41, 5.74) is 0. The molecule has 0 unspecified atom stereocenters. The average Bonchev–Trinajstić information content (AvgIpc) is 1.35. The third kappa shape index (κ3) is 11.2. The molecule has 0 saturated carbocycles. The molecule has 0 amide bonds. The first kappa shape index (κ1) is 11.3. The maximum atomic E-state index is 9.55. The van der Waals surface area contributed by atoms with Crippen molar-refractivity contribution in [2.45, 2.75) is 6.42 Å². The summed E-state index contributed by atoms with van der Waals surface area (Å²) in [6.07, 6.45) is 0.156. The monoisotopic (exact) mass is 145 g/mol. The Morgan fingerprint density at radius 2 is 2.14 bits per heavy atom. The molecule has 4 heteroatoms. The second kappa shape index (κ2) is 7.46. The fraction of sp³-hybridized carbons (Fsp3) is 0.667. The maximum absolute atomic E-state index is 9.55. The van der Waals surface area contributed by atoms with Gasteiger partial charge in [-0.05, 0) is 0 Å². The summed E-state index contributed by atoms with van der Waals surface area (Å²) in [5, 5.41) is 7.86. The van der Waals surface area contributed by atoms with Crippen LogP contribution < -0.4 is 0 Å². The Bertz CT molecular complexity index is 56.9. The van der Waals surface area contributed by atoms with E-state index in [0.717, 1.165) is 0 Å². The number of carbonyl (C=O) groups is 1. The van der Waals surface area contributed by atoms with Crippen molar-refractivity contribution in [1.82, 2.24) is 0 Å². The average molecular weight is 145 g/mol. The molecule has 0 aliphatic rings. The molecule has 0 aromatic rings. The van der Waals surface area contributed by atoms with Crippen LogP contribution in [0.25, 0.3) is 0 Å². The third-order valence-electron chi connectivity index (χ3n) is 0.326. The molecule has 0 aliphatic heterocycles. The first-order valence-corrected chi connectivity index (χ1v) is 2.23. The van der Waals surface area contributed by atoms with E-state index in [1.54, 1.807) is 0 Å². The van der Waals surface area contributed by atoms with E-state index in [2.05, 4.69) is 12.6 Å². The molecule has 0 atom stereocenters. The van der Waals surface area contributed by atoms with Gasteiger partial charge in [0.15, 0.2) is 0 Å². The molecule has 0 saturated heterocycles. The number of carboxylic acid groups (broad SMARTS) is 1. The van der Waals surface area contributed by atoms with Crippen LogP contribution in [0.2, 0.25) is 0 Å². The molecule has 1 N–H and O–H groups in total. The minimum atomic E-state index is -0.787. The summed E-state index contributed by atoms with van der Waals surface area (Å²) in [5.74, 6) is -0.361. The van der Waals surface area contributed by atoms with Gasteiger partial charge in [-0.2, -0.15) is 12.6 Å². The van der Waals surface area contributed by atoms with E-state index in [1.807, 2.05) is 0 Å². The van der Waals surface area contributed by atoms with Crippen molar-refractivity contribution in [3.05, 3.63) is 0 Å². The first-order chi connectivity index (χ1) is 2.77. The molecule has 0 bridgehead atoms. The van der Waals surface area contributed by atoms with Crippen LogP contribution in [0.15, 0.2) is 0 Å². The molecule has 2 nitrogen and oxygen atoms in total. The van der Waals surface area contributed by atoms with Crippen molar-refractivity contribution in [1.29, 1.82) is 0 Å². The molecule has 1 radical (unpaired) electrons. The van der Waals surface area contributed by atoms with Crippen LogP contribution in [0, 0.1) is 0 Å². The summed E-state index contributed by atoms with van der Waals surface area (Å²) in [6, 6.07) is 0. The number of aliphatic carboxylic acids is 1. The van der Waals surface area contributed by atoms with Gasteiger partial charge in [0.05, 0.1) is 6.42 Å². The molecule has 0 aromatic heterocycles. The Hall–Kier alpha value is 1.46. The van der Waals surface area contributed by atoms with Gasteiger partial charge in [-0.1, -0.05) is 0 Å². The molecule has 37 valence electrons. The number of hydrogen-bond donors (Lipinski definition) is 2. The maximum Gasteiger partial charge on any atom is 0.304 e. The van der Waals surface area contributed by atoms with Crippen LogP contribution in [0.4, 0.5) is 0 Å². The van der Waals surface area contributed by atoms with Crippen molar-refractivity contribution in [3.63, 3.8) is 0 Å². The Kier molecular flexibility index (Phi) is 12.0. The van der Waals surface area contributed by atoms with Gasteiger partial charge in [0.2, 0.25) is 0 Å². The summed E-state index contributed by atoms with van der Waals surface area (Å²) in [6.45, 7) is 0. The van der Waals surface area contributed by atoms with Crippen LogP contribution >= 0.6 is 12.6 Å². The van der Waals surface area contributed by atoms with E-state index >= 15 is 0 Å². The van der Waals surface area contributed by atoms with Crippen molar-refractivity contribution >= 4 is 70.0 Å². The van der Waals surface area contributed by atoms with Crippen LogP contribution in [0.3, 0.4) is 0 Å². The van der Waals surface area contributed by atoms with E-state index in [9.17, 15) is 4.79 Å². The van der Waals surface area contributed by atoms with Crippen LogP contribution in [-0.4, -0.2) is 68.2 Å². The predicted octanol–water partition coefficient (Wildman–Crippen LogP) is 0.0101. The largest absolute Gasteiger partial charge is 0.481 e.